The van der Waals surface area contributed by atoms with Crippen molar-refractivity contribution in [1.29, 1.82) is 0 Å². The molecule has 2 N–H and O–H groups in total. The SMILES string of the molecule is O=C(O)CCC1(NC(=O)C(F)(F)F)CN(C(=O)C(F)(F)F)CCN(C(=O)C(F)(F)F)C1. The molecule has 0 atom stereocenters. The zero-order valence-electron chi connectivity index (χ0n) is 15.1. The molecule has 1 aliphatic heterocycles. The van der Waals surface area contributed by atoms with E-state index in [0.29, 0.717) is 0 Å². The van der Waals surface area contributed by atoms with Crippen LogP contribution in [0.4, 0.5) is 39.5 Å². The first kappa shape index (κ1) is 26.3. The summed E-state index contributed by atoms with van der Waals surface area (Å²) in [7, 11) is 0. The van der Waals surface area contributed by atoms with Crippen molar-refractivity contribution in [3.63, 3.8) is 0 Å². The minimum atomic E-state index is -5.65. The lowest BCUT2D eigenvalue weighted by atomic mass is 9.91. The third-order valence-electron chi connectivity index (χ3n) is 4.14. The standard InChI is InChI=1S/C14H14F9N3O5/c15-12(16,17)8(29)24-11(2-1-7(27)28)5-25(9(30)13(18,19)20)3-4-26(6-11)10(31)14(21,22)23/h1-6H2,(H,24,29)(H,27,28). The number of hydrogen-bond donors (Lipinski definition) is 2. The monoisotopic (exact) mass is 475 g/mol. The third kappa shape index (κ3) is 7.16. The maximum absolute atomic E-state index is 12.8. The first-order chi connectivity index (χ1) is 13.8. The summed E-state index contributed by atoms with van der Waals surface area (Å²) in [5.74, 6) is -9.84. The number of carbonyl (C=O) groups excluding carboxylic acids is 3. The van der Waals surface area contributed by atoms with Gasteiger partial charge in [-0.25, -0.2) is 0 Å². The van der Waals surface area contributed by atoms with Gasteiger partial charge in [0.1, 0.15) is 0 Å². The molecule has 0 aromatic rings. The number of rotatable bonds is 4. The molecule has 1 rings (SSSR count). The number of carboxylic acids is 1. The molecule has 0 radical (unpaired) electrons. The number of alkyl halides is 9. The van der Waals surface area contributed by atoms with Gasteiger partial charge in [-0.2, -0.15) is 39.5 Å². The van der Waals surface area contributed by atoms with Crippen molar-refractivity contribution in [2.75, 3.05) is 26.2 Å². The van der Waals surface area contributed by atoms with Crippen LogP contribution in [0.2, 0.25) is 0 Å². The van der Waals surface area contributed by atoms with E-state index in [-0.39, 0.29) is 9.80 Å². The molecule has 0 aromatic carbocycles. The quantitative estimate of drug-likeness (QED) is 0.592. The van der Waals surface area contributed by atoms with Crippen molar-refractivity contribution < 1.29 is 63.8 Å². The van der Waals surface area contributed by atoms with Crippen molar-refractivity contribution in [3.05, 3.63) is 0 Å². The Hall–Kier alpha value is -2.75. The Kier molecular flexibility index (Phi) is 7.44. The van der Waals surface area contributed by atoms with E-state index in [1.165, 1.54) is 5.32 Å². The van der Waals surface area contributed by atoms with Crippen LogP contribution >= 0.6 is 0 Å². The number of halogens is 9. The van der Waals surface area contributed by atoms with Crippen molar-refractivity contribution in [1.82, 2.24) is 15.1 Å². The molecule has 0 bridgehead atoms. The van der Waals surface area contributed by atoms with Gasteiger partial charge in [0.05, 0.1) is 5.54 Å². The summed E-state index contributed by atoms with van der Waals surface area (Å²) in [6.07, 6.45) is -19.1. The van der Waals surface area contributed by atoms with Crippen LogP contribution in [-0.2, 0) is 19.2 Å². The van der Waals surface area contributed by atoms with Crippen molar-refractivity contribution in [2.45, 2.75) is 36.9 Å². The second kappa shape index (κ2) is 8.78. The number of carboxylic acid groups (broad SMARTS) is 1. The Labute approximate surface area is 166 Å². The fraction of sp³-hybridized carbons (Fsp3) is 0.714. The third-order valence-corrected chi connectivity index (χ3v) is 4.14. The minimum absolute atomic E-state index is 0.192. The number of amides is 3. The molecule has 1 fully saturated rings. The Morgan fingerprint density at radius 2 is 1.16 bits per heavy atom. The van der Waals surface area contributed by atoms with E-state index in [0.717, 1.165) is 0 Å². The van der Waals surface area contributed by atoms with E-state index in [1.807, 2.05) is 0 Å². The van der Waals surface area contributed by atoms with Gasteiger partial charge in [-0.3, -0.25) is 19.2 Å². The van der Waals surface area contributed by atoms with Crippen molar-refractivity contribution >= 4 is 23.7 Å². The Balaban J connectivity index is 3.49. The maximum Gasteiger partial charge on any atom is 0.471 e. The van der Waals surface area contributed by atoms with E-state index in [2.05, 4.69) is 0 Å². The van der Waals surface area contributed by atoms with Gasteiger partial charge in [0.15, 0.2) is 0 Å². The fourth-order valence-electron chi connectivity index (χ4n) is 2.84. The first-order valence-corrected chi connectivity index (χ1v) is 8.12. The fourth-order valence-corrected chi connectivity index (χ4v) is 2.84. The van der Waals surface area contributed by atoms with Gasteiger partial charge >= 0.3 is 42.2 Å². The van der Waals surface area contributed by atoms with E-state index < -0.39 is 86.8 Å². The normalized spacial score (nSPS) is 17.7. The average Bonchev–Trinajstić information content (AvgIpc) is 2.76. The highest BCUT2D eigenvalue weighted by Crippen LogP contribution is 2.29. The summed E-state index contributed by atoms with van der Waals surface area (Å²) < 4.78 is 115. The second-order valence-electron chi connectivity index (χ2n) is 6.57. The van der Waals surface area contributed by atoms with Crippen LogP contribution in [0.25, 0.3) is 0 Å². The molecule has 0 aliphatic carbocycles. The molecule has 17 heteroatoms. The summed E-state index contributed by atoms with van der Waals surface area (Å²) >= 11 is 0. The highest BCUT2D eigenvalue weighted by atomic mass is 19.4. The van der Waals surface area contributed by atoms with E-state index in [9.17, 15) is 58.7 Å². The van der Waals surface area contributed by atoms with Crippen LogP contribution in [0.5, 0.6) is 0 Å². The molecule has 8 nitrogen and oxygen atoms in total. The highest BCUT2D eigenvalue weighted by molar-refractivity contribution is 5.85. The lowest BCUT2D eigenvalue weighted by Gasteiger charge is -2.38. The Morgan fingerprint density at radius 3 is 1.45 bits per heavy atom. The summed E-state index contributed by atoms with van der Waals surface area (Å²) in [5, 5.41) is 9.97. The molecule has 1 aliphatic rings. The summed E-state index contributed by atoms with van der Waals surface area (Å²) in [6.45, 7) is -5.20. The topological polar surface area (TPSA) is 107 Å². The molecule has 1 heterocycles. The smallest absolute Gasteiger partial charge is 0.471 e. The average molecular weight is 475 g/mol. The second-order valence-corrected chi connectivity index (χ2v) is 6.57. The number of nitrogens with zero attached hydrogens (tertiary/aromatic N) is 2. The molecule has 0 saturated carbocycles. The van der Waals surface area contributed by atoms with Gasteiger partial charge in [0, 0.05) is 32.6 Å². The predicted molar refractivity (Wildman–Crippen MR) is 79.1 cm³/mol. The van der Waals surface area contributed by atoms with Gasteiger partial charge in [0.2, 0.25) is 0 Å². The van der Waals surface area contributed by atoms with Gasteiger partial charge in [0.25, 0.3) is 0 Å². The van der Waals surface area contributed by atoms with Crippen LogP contribution in [0.15, 0.2) is 0 Å². The number of hydrogen-bond acceptors (Lipinski definition) is 4. The number of nitrogens with one attached hydrogen (secondary N) is 1. The van der Waals surface area contributed by atoms with Gasteiger partial charge in [-0.1, -0.05) is 0 Å². The molecule has 3 amide bonds. The molecule has 178 valence electrons. The van der Waals surface area contributed by atoms with E-state index in [4.69, 9.17) is 5.11 Å². The molecular weight excluding hydrogens is 461 g/mol. The lowest BCUT2D eigenvalue weighted by Crippen LogP contribution is -2.63. The van der Waals surface area contributed by atoms with Gasteiger partial charge in [-0.05, 0) is 6.42 Å². The van der Waals surface area contributed by atoms with Crippen molar-refractivity contribution in [2.24, 2.45) is 0 Å². The maximum atomic E-state index is 12.8. The molecular formula is C14H14F9N3O5. The van der Waals surface area contributed by atoms with Crippen LogP contribution < -0.4 is 5.32 Å². The van der Waals surface area contributed by atoms with Crippen LogP contribution in [0, 0.1) is 0 Å². The van der Waals surface area contributed by atoms with E-state index >= 15 is 0 Å². The molecule has 31 heavy (non-hydrogen) atoms. The summed E-state index contributed by atoms with van der Waals surface area (Å²) in [5.41, 5.74) is -2.77. The Morgan fingerprint density at radius 1 is 0.774 bits per heavy atom. The zero-order valence-corrected chi connectivity index (χ0v) is 15.1. The molecule has 0 spiro atoms. The van der Waals surface area contributed by atoms with Crippen LogP contribution in [0.3, 0.4) is 0 Å². The molecule has 0 unspecified atom stereocenters. The molecule has 0 aromatic heterocycles. The Bertz CT molecular complexity index is 696. The summed E-state index contributed by atoms with van der Waals surface area (Å²) in [6, 6.07) is 0. The van der Waals surface area contributed by atoms with Crippen LogP contribution in [-0.4, -0.2) is 88.8 Å². The van der Waals surface area contributed by atoms with Gasteiger partial charge in [-0.15, -0.1) is 0 Å². The number of aliphatic carboxylic acids is 1. The van der Waals surface area contributed by atoms with Crippen LogP contribution in [0.1, 0.15) is 12.8 Å². The molecule has 1 saturated heterocycles. The largest absolute Gasteiger partial charge is 0.481 e. The van der Waals surface area contributed by atoms with Gasteiger partial charge < -0.3 is 20.2 Å². The summed E-state index contributed by atoms with van der Waals surface area (Å²) in [4.78, 5) is 45.0. The zero-order chi connectivity index (χ0) is 24.4. The van der Waals surface area contributed by atoms with E-state index in [1.54, 1.807) is 0 Å². The minimum Gasteiger partial charge on any atom is -0.481 e. The highest BCUT2D eigenvalue weighted by Gasteiger charge is 2.52. The van der Waals surface area contributed by atoms with Crippen molar-refractivity contribution in [3.8, 4) is 0 Å². The predicted octanol–water partition coefficient (Wildman–Crippen LogP) is 1.06. The lowest BCUT2D eigenvalue weighted by molar-refractivity contribution is -0.187. The first-order valence-electron chi connectivity index (χ1n) is 8.12. The number of carbonyl (C=O) groups is 4.